The molecule has 1 saturated heterocycles. The Morgan fingerprint density at radius 2 is 1.81 bits per heavy atom. The van der Waals surface area contributed by atoms with Crippen LogP contribution in [0, 0.1) is 5.92 Å². The van der Waals surface area contributed by atoms with Crippen LogP contribution in [0.4, 0.5) is 0 Å². The molecule has 0 unspecified atom stereocenters. The van der Waals surface area contributed by atoms with Crippen molar-refractivity contribution in [2.75, 3.05) is 32.8 Å². The van der Waals surface area contributed by atoms with Gasteiger partial charge in [0, 0.05) is 37.3 Å². The normalized spacial score (nSPS) is 25.0. The van der Waals surface area contributed by atoms with Crippen LogP contribution in [0.1, 0.15) is 66.2 Å². The summed E-state index contributed by atoms with van der Waals surface area (Å²) in [6.45, 7) is 14.4. The van der Waals surface area contributed by atoms with Gasteiger partial charge in [0.15, 0.2) is 0 Å². The number of rotatable bonds is 7. The van der Waals surface area contributed by atoms with E-state index >= 15 is 0 Å². The second kappa shape index (κ2) is 7.43. The molecule has 3 heteroatoms. The summed E-state index contributed by atoms with van der Waals surface area (Å²) in [5.41, 5.74) is 0.751. The van der Waals surface area contributed by atoms with Crippen molar-refractivity contribution in [2.24, 2.45) is 5.92 Å². The second-order valence-corrected chi connectivity index (χ2v) is 7.66. The van der Waals surface area contributed by atoms with Gasteiger partial charge in [0.05, 0.1) is 6.61 Å². The Morgan fingerprint density at radius 1 is 1.14 bits per heavy atom. The Labute approximate surface area is 131 Å². The van der Waals surface area contributed by atoms with E-state index in [0.29, 0.717) is 17.0 Å². The van der Waals surface area contributed by atoms with Crippen molar-refractivity contribution < 1.29 is 4.74 Å². The SMILES string of the molecule is CCC1(CC)CNC2(CCCC2)CN1CCOCC(C)C. The molecule has 2 aliphatic rings. The van der Waals surface area contributed by atoms with E-state index in [2.05, 4.69) is 37.9 Å². The maximum absolute atomic E-state index is 5.87. The molecule has 0 atom stereocenters. The summed E-state index contributed by atoms with van der Waals surface area (Å²) >= 11 is 0. The Balaban J connectivity index is 1.96. The van der Waals surface area contributed by atoms with Gasteiger partial charge in [-0.3, -0.25) is 4.90 Å². The highest BCUT2D eigenvalue weighted by Crippen LogP contribution is 2.37. The average Bonchev–Trinajstić information content (AvgIpc) is 2.93. The van der Waals surface area contributed by atoms with Crippen molar-refractivity contribution in [3.63, 3.8) is 0 Å². The van der Waals surface area contributed by atoms with Crippen LogP contribution < -0.4 is 5.32 Å². The van der Waals surface area contributed by atoms with Crippen LogP contribution in [0.2, 0.25) is 0 Å². The lowest BCUT2D eigenvalue weighted by Crippen LogP contribution is -2.69. The van der Waals surface area contributed by atoms with Crippen LogP contribution in [-0.2, 0) is 4.74 Å². The molecule has 0 aromatic rings. The molecule has 1 aliphatic heterocycles. The topological polar surface area (TPSA) is 24.5 Å². The monoisotopic (exact) mass is 296 g/mol. The fraction of sp³-hybridized carbons (Fsp3) is 1.00. The Bertz CT molecular complexity index is 306. The molecule has 0 aromatic heterocycles. The average molecular weight is 296 g/mol. The summed E-state index contributed by atoms with van der Waals surface area (Å²) in [4.78, 5) is 2.76. The van der Waals surface area contributed by atoms with E-state index in [1.54, 1.807) is 0 Å². The third-order valence-electron chi connectivity index (χ3n) is 5.79. The maximum atomic E-state index is 5.87. The van der Waals surface area contributed by atoms with Crippen LogP contribution in [0.25, 0.3) is 0 Å². The highest BCUT2D eigenvalue weighted by atomic mass is 16.5. The smallest absolute Gasteiger partial charge is 0.0593 e. The van der Waals surface area contributed by atoms with Crippen molar-refractivity contribution in [3.8, 4) is 0 Å². The number of piperazine rings is 1. The van der Waals surface area contributed by atoms with Gasteiger partial charge >= 0.3 is 0 Å². The third kappa shape index (κ3) is 4.00. The summed E-state index contributed by atoms with van der Waals surface area (Å²) in [5.74, 6) is 0.635. The minimum atomic E-state index is 0.342. The van der Waals surface area contributed by atoms with Crippen molar-refractivity contribution >= 4 is 0 Å². The van der Waals surface area contributed by atoms with Crippen molar-refractivity contribution in [1.29, 1.82) is 0 Å². The first kappa shape index (κ1) is 17.2. The van der Waals surface area contributed by atoms with Gasteiger partial charge in [-0.15, -0.1) is 0 Å². The van der Waals surface area contributed by atoms with Gasteiger partial charge in [0.25, 0.3) is 0 Å². The Hall–Kier alpha value is -0.120. The molecule has 3 nitrogen and oxygen atoms in total. The van der Waals surface area contributed by atoms with Crippen LogP contribution in [0.3, 0.4) is 0 Å². The van der Waals surface area contributed by atoms with E-state index < -0.39 is 0 Å². The molecule has 0 aromatic carbocycles. The van der Waals surface area contributed by atoms with Crippen LogP contribution in [0.15, 0.2) is 0 Å². The molecule has 2 rings (SSSR count). The number of nitrogens with one attached hydrogen (secondary N) is 1. The molecular weight excluding hydrogens is 260 g/mol. The third-order valence-corrected chi connectivity index (χ3v) is 5.79. The predicted molar refractivity (Wildman–Crippen MR) is 89.7 cm³/mol. The number of hydrogen-bond donors (Lipinski definition) is 1. The van der Waals surface area contributed by atoms with Crippen molar-refractivity contribution in [3.05, 3.63) is 0 Å². The molecule has 0 bridgehead atoms. The Kier molecular flexibility index (Phi) is 6.10. The van der Waals surface area contributed by atoms with Gasteiger partial charge in [-0.1, -0.05) is 40.5 Å². The van der Waals surface area contributed by atoms with Crippen LogP contribution in [-0.4, -0.2) is 48.8 Å². The molecule has 2 fully saturated rings. The second-order valence-electron chi connectivity index (χ2n) is 7.66. The minimum Gasteiger partial charge on any atom is -0.380 e. The quantitative estimate of drug-likeness (QED) is 0.728. The molecule has 1 spiro atoms. The predicted octanol–water partition coefficient (Wildman–Crippen LogP) is 3.44. The maximum Gasteiger partial charge on any atom is 0.0593 e. The minimum absolute atomic E-state index is 0.342. The number of hydrogen-bond acceptors (Lipinski definition) is 3. The highest BCUT2D eigenvalue weighted by Gasteiger charge is 2.46. The lowest BCUT2D eigenvalue weighted by Gasteiger charge is -2.53. The summed E-state index contributed by atoms with van der Waals surface area (Å²) in [6, 6.07) is 0. The largest absolute Gasteiger partial charge is 0.380 e. The molecule has 1 saturated carbocycles. The van der Waals surface area contributed by atoms with Crippen LogP contribution >= 0.6 is 0 Å². The molecular formula is C18H36N2O. The van der Waals surface area contributed by atoms with E-state index in [0.717, 1.165) is 26.3 Å². The first-order valence-electron chi connectivity index (χ1n) is 9.14. The molecule has 0 radical (unpaired) electrons. The van der Waals surface area contributed by atoms with E-state index in [1.807, 2.05) is 0 Å². The fourth-order valence-corrected chi connectivity index (χ4v) is 4.20. The van der Waals surface area contributed by atoms with Gasteiger partial charge in [0.1, 0.15) is 0 Å². The van der Waals surface area contributed by atoms with Gasteiger partial charge in [-0.25, -0.2) is 0 Å². The molecule has 1 N–H and O–H groups in total. The van der Waals surface area contributed by atoms with Gasteiger partial charge in [0.2, 0.25) is 0 Å². The summed E-state index contributed by atoms with van der Waals surface area (Å²) in [7, 11) is 0. The van der Waals surface area contributed by atoms with Crippen molar-refractivity contribution in [2.45, 2.75) is 77.3 Å². The highest BCUT2D eigenvalue weighted by molar-refractivity contribution is 5.06. The first-order chi connectivity index (χ1) is 10.1. The van der Waals surface area contributed by atoms with Gasteiger partial charge < -0.3 is 10.1 Å². The van der Waals surface area contributed by atoms with Crippen LogP contribution in [0.5, 0.6) is 0 Å². The molecule has 124 valence electrons. The van der Waals surface area contributed by atoms with E-state index in [1.165, 1.54) is 45.1 Å². The lowest BCUT2D eigenvalue weighted by atomic mass is 9.82. The number of ether oxygens (including phenoxy) is 1. The fourth-order valence-electron chi connectivity index (χ4n) is 4.20. The Morgan fingerprint density at radius 3 is 2.38 bits per heavy atom. The molecule has 1 heterocycles. The zero-order valence-corrected chi connectivity index (χ0v) is 14.7. The van der Waals surface area contributed by atoms with Crippen molar-refractivity contribution in [1.82, 2.24) is 10.2 Å². The molecule has 1 aliphatic carbocycles. The summed E-state index contributed by atoms with van der Waals surface area (Å²) in [5, 5.41) is 3.94. The zero-order chi connectivity index (χ0) is 15.3. The number of nitrogens with zero attached hydrogens (tertiary/aromatic N) is 1. The van der Waals surface area contributed by atoms with Gasteiger partial charge in [-0.05, 0) is 31.6 Å². The standard InChI is InChI=1S/C18H36N2O/c1-5-18(6-2)14-19-17(9-7-8-10-17)15-20(18)11-12-21-13-16(3)4/h16,19H,5-15H2,1-4H3. The lowest BCUT2D eigenvalue weighted by molar-refractivity contribution is -0.0218. The zero-order valence-electron chi connectivity index (χ0n) is 14.7. The van der Waals surface area contributed by atoms with E-state index in [4.69, 9.17) is 4.74 Å². The molecule has 21 heavy (non-hydrogen) atoms. The van der Waals surface area contributed by atoms with E-state index in [-0.39, 0.29) is 0 Å². The summed E-state index contributed by atoms with van der Waals surface area (Å²) < 4.78 is 5.87. The van der Waals surface area contributed by atoms with E-state index in [9.17, 15) is 0 Å². The molecule has 0 amide bonds. The first-order valence-corrected chi connectivity index (χ1v) is 9.14. The van der Waals surface area contributed by atoms with Gasteiger partial charge in [-0.2, -0.15) is 0 Å². The summed E-state index contributed by atoms with van der Waals surface area (Å²) in [6.07, 6.45) is 7.99.